The van der Waals surface area contributed by atoms with Crippen molar-refractivity contribution in [2.24, 2.45) is 40.2 Å². The predicted octanol–water partition coefficient (Wildman–Crippen LogP) is 11.0. The highest BCUT2D eigenvalue weighted by atomic mass is 32.2. The van der Waals surface area contributed by atoms with Gasteiger partial charge in [-0.05, 0) is 106 Å². The van der Waals surface area contributed by atoms with Gasteiger partial charge in [0.05, 0.1) is 18.8 Å². The number of ketones is 1. The fourth-order valence-corrected chi connectivity index (χ4v) is 15.9. The molecule has 4 aliphatic rings. The van der Waals surface area contributed by atoms with E-state index in [9.17, 15) is 48.1 Å². The predicted molar refractivity (Wildman–Crippen MR) is 330 cm³/mol. The van der Waals surface area contributed by atoms with Gasteiger partial charge in [0.1, 0.15) is 24.9 Å². The molecule has 1 aromatic carbocycles. The van der Waals surface area contributed by atoms with Gasteiger partial charge in [-0.1, -0.05) is 148 Å². The Hall–Kier alpha value is -4.79. The number of benzene rings is 1. The number of aliphatic hydroxyl groups excluding tert-OH is 1. The first-order valence-electron chi connectivity index (χ1n) is 31.3. The van der Waals surface area contributed by atoms with Crippen LogP contribution in [0.4, 0.5) is 19.3 Å². The molecule has 0 spiro atoms. The maximum absolute atomic E-state index is 17.8. The van der Waals surface area contributed by atoms with Gasteiger partial charge in [0, 0.05) is 53.2 Å². The van der Waals surface area contributed by atoms with E-state index < -0.39 is 107 Å². The van der Waals surface area contributed by atoms with Gasteiger partial charge in [0.25, 0.3) is 0 Å². The number of nitrogens with one attached hydrogen (secondary N) is 4. The number of hydrogen-bond donors (Lipinski definition) is 7. The lowest BCUT2D eigenvalue weighted by molar-refractivity contribution is -0.228. The van der Waals surface area contributed by atoms with Gasteiger partial charge < -0.3 is 51.0 Å². The Kier molecular flexibility index (Phi) is 27.7. The van der Waals surface area contributed by atoms with Crippen LogP contribution in [-0.2, 0) is 53.9 Å². The lowest BCUT2D eigenvalue weighted by Gasteiger charge is -2.63. The highest BCUT2D eigenvalue weighted by molar-refractivity contribution is 8.13. The van der Waals surface area contributed by atoms with Crippen LogP contribution in [0.3, 0.4) is 0 Å². The zero-order valence-corrected chi connectivity index (χ0v) is 53.5. The summed E-state index contributed by atoms with van der Waals surface area (Å²) < 4.78 is 64.4. The lowest BCUT2D eigenvalue weighted by atomic mass is 9.44. The first-order valence-corrected chi connectivity index (χ1v) is 34.1. The van der Waals surface area contributed by atoms with Crippen LogP contribution in [0.2, 0.25) is 0 Å². The molecule has 0 aromatic heterocycles. The van der Waals surface area contributed by atoms with Crippen molar-refractivity contribution in [3.8, 4) is 0 Å². The normalized spacial score (nSPS) is 27.5. The number of alkyl halides is 2. The van der Waals surface area contributed by atoms with Gasteiger partial charge in [-0.25, -0.2) is 13.6 Å². The number of allylic oxidation sites excluding steroid dienone is 4. The number of esters is 1. The van der Waals surface area contributed by atoms with E-state index in [-0.39, 0.29) is 74.3 Å². The second-order valence-electron chi connectivity index (χ2n) is 24.9. The Morgan fingerprint density at radius 2 is 1.55 bits per heavy atom. The second-order valence-corrected chi connectivity index (χ2v) is 28.0. The first kappa shape index (κ1) is 72.0. The zero-order chi connectivity index (χ0) is 63.5. The fourth-order valence-electron chi connectivity index (χ4n) is 13.6. The van der Waals surface area contributed by atoms with Gasteiger partial charge in [0.2, 0.25) is 22.8 Å². The molecular weight excluding hydrogens is 1150 g/mol. The molecule has 3 saturated carbocycles. The number of ether oxygens (including phenoxy) is 2. The number of thioether (sulfide) groups is 1. The molecule has 0 heterocycles. The maximum atomic E-state index is 17.8. The van der Waals surface area contributed by atoms with Crippen molar-refractivity contribution in [1.29, 1.82) is 0 Å². The van der Waals surface area contributed by atoms with E-state index in [2.05, 4.69) is 34.8 Å². The van der Waals surface area contributed by atoms with Gasteiger partial charge >= 0.3 is 19.6 Å². The van der Waals surface area contributed by atoms with E-state index in [1.165, 1.54) is 19.1 Å². The molecule has 0 bridgehead atoms. The molecule has 22 heteroatoms. The minimum Gasteiger partial charge on any atom is -0.449 e. The molecule has 86 heavy (non-hydrogen) atoms. The number of hydrogen-bond acceptors (Lipinski definition) is 13. The van der Waals surface area contributed by atoms with Crippen LogP contribution in [-0.4, -0.2) is 117 Å². The SMILES string of the molecule is C=CC(CCCCCCC)OCC(=O)NC(C(=O)NC(CCCNC(N)=O)C(=O)Nc1ccc(COP(=O)(O)CCCCCCCCCCSC(=O)[C@@]2(OC(=O)CC)[C@H](C)C[C@H]3[C@@H]4C[C@H](F)C5=CC(=O)C=C[C@]5(C)[C@@]4(F)[C@@H](O)C[C@@]32C)cc1)C(C)C. The van der Waals surface area contributed by atoms with E-state index >= 15 is 8.78 Å². The minimum atomic E-state index is -3.93. The number of halogens is 2. The summed E-state index contributed by atoms with van der Waals surface area (Å²) in [4.78, 5) is 102. The van der Waals surface area contributed by atoms with Crippen LogP contribution < -0.4 is 27.0 Å². The standard InChI is InChI=1S/C64H98F2N5O13PS/c1-9-12-13-18-21-25-47(10-2)82-41-54(74)71-56(42(4)5)58(77)70-52(26-24-33-68-60(67)79)57(76)69-45-29-27-44(28-30-45)40-83-85(80,81)34-22-19-16-14-15-17-20-23-35-86-59(78)64(84-55(75)11-3)43(6)36-48-49-38-51(65)50-37-46(72)31-32-61(50,7)63(49,66)53(73)39-62(48,64)8/h10,27-32,37,42-43,47-49,51-53,56,73H,2,9,11-26,33-36,38-41H2,1,3-8H3,(H,69,76)(H,70,77)(H,71,74)(H,80,81)(H3,67,68,79)/t43-,47?,48+,49+,51+,52?,53+,56?,61+,62+,63+,64+/m1/s1. The zero-order valence-electron chi connectivity index (χ0n) is 51.8. The molecule has 4 unspecified atom stereocenters. The van der Waals surface area contributed by atoms with Crippen LogP contribution in [0.5, 0.6) is 0 Å². The number of unbranched alkanes of at least 4 members (excludes halogenated alkanes) is 11. The number of anilines is 1. The number of aliphatic hydroxyl groups is 1. The third-order valence-electron chi connectivity index (χ3n) is 18.4. The van der Waals surface area contributed by atoms with Crippen molar-refractivity contribution < 1.29 is 70.9 Å². The molecule has 5 amide bonds. The monoisotopic (exact) mass is 1250 g/mol. The number of primary amides is 1. The number of carbonyl (C=O) groups is 7. The van der Waals surface area contributed by atoms with Gasteiger partial charge in [-0.15, -0.1) is 6.58 Å². The Morgan fingerprint density at radius 1 is 0.895 bits per heavy atom. The number of amides is 5. The molecule has 4 aliphatic carbocycles. The molecule has 0 radical (unpaired) electrons. The van der Waals surface area contributed by atoms with Crippen molar-refractivity contribution >= 4 is 65.7 Å². The molecule has 3 fully saturated rings. The third-order valence-corrected chi connectivity index (χ3v) is 20.9. The minimum absolute atomic E-state index is 0.00942. The molecule has 482 valence electrons. The summed E-state index contributed by atoms with van der Waals surface area (Å²) >= 11 is 1.09. The Labute approximate surface area is 512 Å². The van der Waals surface area contributed by atoms with E-state index in [1.54, 1.807) is 58.0 Å². The fraction of sp³-hybridized carbons (Fsp3) is 0.703. The maximum Gasteiger partial charge on any atom is 0.328 e. The summed E-state index contributed by atoms with van der Waals surface area (Å²) in [6.45, 7) is 16.0. The average molecular weight is 1250 g/mol. The largest absolute Gasteiger partial charge is 0.449 e. The average Bonchev–Trinajstić information content (AvgIpc) is 1.33. The van der Waals surface area contributed by atoms with Crippen LogP contribution in [0, 0.1) is 34.5 Å². The van der Waals surface area contributed by atoms with Gasteiger partial charge in [0.15, 0.2) is 17.1 Å². The highest BCUT2D eigenvalue weighted by Gasteiger charge is 2.78. The van der Waals surface area contributed by atoms with E-state index in [0.717, 1.165) is 94.9 Å². The van der Waals surface area contributed by atoms with Crippen molar-refractivity contribution in [2.45, 2.75) is 225 Å². The second kappa shape index (κ2) is 33.2. The van der Waals surface area contributed by atoms with Crippen LogP contribution in [0.25, 0.3) is 0 Å². The van der Waals surface area contributed by atoms with E-state index in [1.807, 2.05) is 6.92 Å². The van der Waals surface area contributed by atoms with Crippen molar-refractivity contribution in [1.82, 2.24) is 16.0 Å². The topological polar surface area (TPSA) is 279 Å². The van der Waals surface area contributed by atoms with Gasteiger partial charge in [-0.3, -0.25) is 33.3 Å². The number of carbonyl (C=O) groups excluding carboxylic acids is 7. The summed E-state index contributed by atoms with van der Waals surface area (Å²) in [5.41, 5.74) is -0.526. The molecule has 8 N–H and O–H groups in total. The molecule has 0 aliphatic heterocycles. The smallest absolute Gasteiger partial charge is 0.328 e. The first-order chi connectivity index (χ1) is 40.7. The van der Waals surface area contributed by atoms with Crippen molar-refractivity contribution in [3.63, 3.8) is 0 Å². The summed E-state index contributed by atoms with van der Waals surface area (Å²) in [7, 11) is -3.93. The lowest BCUT2D eigenvalue weighted by Crippen LogP contribution is -2.70. The third kappa shape index (κ3) is 18.2. The highest BCUT2D eigenvalue weighted by Crippen LogP contribution is 2.72. The summed E-state index contributed by atoms with van der Waals surface area (Å²) in [6, 6.07) is 3.72. The molecule has 1 aromatic rings. The number of fused-ring (bicyclic) bond motifs is 5. The number of nitrogens with two attached hydrogens (primary N) is 1. The Morgan fingerprint density at radius 3 is 2.19 bits per heavy atom. The summed E-state index contributed by atoms with van der Waals surface area (Å²) in [5, 5.41) is 22.3. The molecule has 18 nitrogen and oxygen atoms in total. The van der Waals surface area contributed by atoms with Gasteiger partial charge in [-0.2, -0.15) is 0 Å². The Bertz CT molecular complexity index is 2610. The van der Waals surface area contributed by atoms with Crippen LogP contribution >= 0.6 is 19.4 Å². The summed E-state index contributed by atoms with van der Waals surface area (Å²) in [5.74, 6) is -4.63. The molecular formula is C64H98F2N5O13PS. The molecule has 5 rings (SSSR count). The van der Waals surface area contributed by atoms with Crippen LogP contribution in [0.1, 0.15) is 182 Å². The van der Waals surface area contributed by atoms with Crippen molar-refractivity contribution in [2.75, 3.05) is 30.4 Å². The quantitative estimate of drug-likeness (QED) is 0.0141. The number of rotatable bonds is 37. The van der Waals surface area contributed by atoms with Crippen LogP contribution in [0.15, 0.2) is 60.7 Å². The molecule has 0 saturated heterocycles. The number of urea groups is 1. The van der Waals surface area contributed by atoms with E-state index in [0.29, 0.717) is 42.7 Å². The molecule has 13 atom stereocenters. The summed E-state index contributed by atoms with van der Waals surface area (Å²) in [6.07, 6.45) is 14.6. The van der Waals surface area contributed by atoms with Crippen molar-refractivity contribution in [3.05, 3.63) is 66.3 Å². The Balaban J connectivity index is 1.02. The van der Waals surface area contributed by atoms with E-state index in [4.69, 9.17) is 19.7 Å².